The molecule has 0 aromatic heterocycles. The molecule has 0 bridgehead atoms. The normalized spacial score (nSPS) is 10.2. The molecule has 0 aliphatic heterocycles. The summed E-state index contributed by atoms with van der Waals surface area (Å²) in [4.78, 5) is 24.9. The first-order valence-electron chi connectivity index (χ1n) is 6.06. The number of benzene rings is 2. The van der Waals surface area contributed by atoms with Crippen LogP contribution >= 0.6 is 11.6 Å². The monoisotopic (exact) mass is 304 g/mol. The highest BCUT2D eigenvalue weighted by molar-refractivity contribution is 6.30. The van der Waals surface area contributed by atoms with Crippen LogP contribution in [0.3, 0.4) is 0 Å². The van der Waals surface area contributed by atoms with Gasteiger partial charge in [0.15, 0.2) is 0 Å². The summed E-state index contributed by atoms with van der Waals surface area (Å²) in [5, 5.41) is 9.74. The van der Waals surface area contributed by atoms with Crippen molar-refractivity contribution in [3.63, 3.8) is 0 Å². The molecule has 0 aliphatic rings. The van der Waals surface area contributed by atoms with Gasteiger partial charge < -0.3 is 15.7 Å². The molecular formula is C15H13ClN2O3. The van der Waals surface area contributed by atoms with Crippen LogP contribution in [-0.2, 0) is 0 Å². The largest absolute Gasteiger partial charge is 0.478 e. The number of anilines is 2. The minimum Gasteiger partial charge on any atom is -0.478 e. The smallest absolute Gasteiger partial charge is 0.337 e. The lowest BCUT2D eigenvalue weighted by Gasteiger charge is -2.19. The zero-order valence-corrected chi connectivity index (χ0v) is 12.0. The van der Waals surface area contributed by atoms with Crippen LogP contribution in [0.15, 0.2) is 42.5 Å². The molecule has 1 amide bonds. The number of aromatic carboxylic acids is 1. The molecule has 0 unspecified atom stereocenters. The Labute approximate surface area is 126 Å². The Hall–Kier alpha value is -2.53. The predicted octanol–water partition coefficient (Wildman–Crippen LogP) is 2.90. The quantitative estimate of drug-likeness (QED) is 0.854. The number of carboxylic acid groups (broad SMARTS) is 1. The summed E-state index contributed by atoms with van der Waals surface area (Å²) in [6.07, 6.45) is 0. The standard InChI is InChI=1S/C15H13ClN2O3/c1-18(14(19)9-2-4-10(16)5-3-9)13-7-6-11(17)8-12(13)15(20)21/h2-8H,17H2,1H3,(H,20,21). The number of hydrogen-bond donors (Lipinski definition) is 2. The van der Waals surface area contributed by atoms with E-state index in [-0.39, 0.29) is 17.2 Å². The molecule has 0 heterocycles. The van der Waals surface area contributed by atoms with Gasteiger partial charge >= 0.3 is 5.97 Å². The van der Waals surface area contributed by atoms with E-state index in [9.17, 15) is 14.7 Å². The number of halogens is 1. The second-order valence-electron chi connectivity index (χ2n) is 4.45. The molecule has 0 saturated heterocycles. The first-order valence-corrected chi connectivity index (χ1v) is 6.44. The molecule has 0 radical (unpaired) electrons. The van der Waals surface area contributed by atoms with Crippen molar-refractivity contribution in [2.45, 2.75) is 0 Å². The van der Waals surface area contributed by atoms with Crippen LogP contribution in [0.1, 0.15) is 20.7 Å². The van der Waals surface area contributed by atoms with Crippen molar-refractivity contribution in [3.8, 4) is 0 Å². The van der Waals surface area contributed by atoms with Gasteiger partial charge in [-0.05, 0) is 42.5 Å². The van der Waals surface area contributed by atoms with E-state index in [1.165, 1.54) is 24.1 Å². The second kappa shape index (κ2) is 5.85. The summed E-state index contributed by atoms with van der Waals surface area (Å²) >= 11 is 5.78. The topological polar surface area (TPSA) is 83.6 Å². The number of carbonyl (C=O) groups excluding carboxylic acids is 1. The van der Waals surface area contributed by atoms with Crippen molar-refractivity contribution in [3.05, 3.63) is 58.6 Å². The molecule has 108 valence electrons. The molecule has 5 nitrogen and oxygen atoms in total. The van der Waals surface area contributed by atoms with Crippen molar-refractivity contribution in [2.75, 3.05) is 17.7 Å². The van der Waals surface area contributed by atoms with E-state index in [0.29, 0.717) is 16.3 Å². The highest BCUT2D eigenvalue weighted by atomic mass is 35.5. The fraction of sp³-hybridized carbons (Fsp3) is 0.0667. The minimum atomic E-state index is -1.15. The third kappa shape index (κ3) is 3.14. The summed E-state index contributed by atoms with van der Waals surface area (Å²) in [6, 6.07) is 10.7. The van der Waals surface area contributed by atoms with Gasteiger partial charge in [-0.2, -0.15) is 0 Å². The summed E-state index contributed by atoms with van der Waals surface area (Å²) in [6.45, 7) is 0. The van der Waals surface area contributed by atoms with Crippen molar-refractivity contribution >= 4 is 34.9 Å². The Balaban J connectivity index is 2.40. The van der Waals surface area contributed by atoms with Gasteiger partial charge in [0, 0.05) is 23.3 Å². The number of hydrogen-bond acceptors (Lipinski definition) is 3. The Morgan fingerprint density at radius 1 is 1.14 bits per heavy atom. The number of amides is 1. The van der Waals surface area contributed by atoms with Crippen molar-refractivity contribution in [2.24, 2.45) is 0 Å². The Kier molecular flexibility index (Phi) is 4.14. The molecule has 21 heavy (non-hydrogen) atoms. The summed E-state index contributed by atoms with van der Waals surface area (Å²) in [5.41, 5.74) is 6.57. The van der Waals surface area contributed by atoms with E-state index in [2.05, 4.69) is 0 Å². The van der Waals surface area contributed by atoms with Gasteiger partial charge in [-0.1, -0.05) is 11.6 Å². The summed E-state index contributed by atoms with van der Waals surface area (Å²) < 4.78 is 0. The van der Waals surface area contributed by atoms with Crippen LogP contribution in [0.25, 0.3) is 0 Å². The van der Waals surface area contributed by atoms with Crippen molar-refractivity contribution in [1.82, 2.24) is 0 Å². The Morgan fingerprint density at radius 2 is 1.76 bits per heavy atom. The highest BCUT2D eigenvalue weighted by Gasteiger charge is 2.19. The number of nitrogens with two attached hydrogens (primary N) is 1. The lowest BCUT2D eigenvalue weighted by Crippen LogP contribution is -2.28. The third-order valence-electron chi connectivity index (χ3n) is 3.01. The van der Waals surface area contributed by atoms with Crippen molar-refractivity contribution in [1.29, 1.82) is 0 Å². The molecule has 0 fully saturated rings. The van der Waals surface area contributed by atoms with Gasteiger partial charge in [0.05, 0.1) is 11.3 Å². The van der Waals surface area contributed by atoms with Crippen LogP contribution in [0.5, 0.6) is 0 Å². The van der Waals surface area contributed by atoms with Crippen LogP contribution < -0.4 is 10.6 Å². The molecule has 2 rings (SSSR count). The van der Waals surface area contributed by atoms with Crippen LogP contribution in [0.4, 0.5) is 11.4 Å². The maximum Gasteiger partial charge on any atom is 0.337 e. The van der Waals surface area contributed by atoms with Crippen LogP contribution in [0.2, 0.25) is 5.02 Å². The second-order valence-corrected chi connectivity index (χ2v) is 4.89. The lowest BCUT2D eigenvalue weighted by molar-refractivity contribution is 0.0698. The molecule has 2 aromatic rings. The zero-order valence-electron chi connectivity index (χ0n) is 11.2. The van der Waals surface area contributed by atoms with E-state index in [4.69, 9.17) is 17.3 Å². The molecule has 3 N–H and O–H groups in total. The van der Waals surface area contributed by atoms with Gasteiger partial charge in [-0.25, -0.2) is 4.79 Å². The van der Waals surface area contributed by atoms with Gasteiger partial charge in [0.1, 0.15) is 0 Å². The van der Waals surface area contributed by atoms with Gasteiger partial charge in [0.2, 0.25) is 0 Å². The van der Waals surface area contributed by atoms with Crippen LogP contribution in [0, 0.1) is 0 Å². The van der Waals surface area contributed by atoms with E-state index < -0.39 is 5.97 Å². The zero-order chi connectivity index (χ0) is 15.6. The molecule has 0 saturated carbocycles. The highest BCUT2D eigenvalue weighted by Crippen LogP contribution is 2.24. The lowest BCUT2D eigenvalue weighted by atomic mass is 10.1. The van der Waals surface area contributed by atoms with Gasteiger partial charge in [-0.15, -0.1) is 0 Å². The van der Waals surface area contributed by atoms with E-state index in [0.717, 1.165) is 0 Å². The molecular weight excluding hydrogens is 292 g/mol. The minimum absolute atomic E-state index is 0.0280. The van der Waals surface area contributed by atoms with Crippen molar-refractivity contribution < 1.29 is 14.7 Å². The molecule has 2 aromatic carbocycles. The number of nitrogen functional groups attached to an aromatic ring is 1. The molecule has 0 aliphatic carbocycles. The Bertz CT molecular complexity index is 699. The van der Waals surface area contributed by atoms with E-state index in [1.54, 1.807) is 30.3 Å². The first kappa shape index (κ1) is 14.9. The van der Waals surface area contributed by atoms with Crippen LogP contribution in [-0.4, -0.2) is 24.0 Å². The molecule has 0 atom stereocenters. The summed E-state index contributed by atoms with van der Waals surface area (Å²) in [7, 11) is 1.51. The van der Waals surface area contributed by atoms with Gasteiger partial charge in [0.25, 0.3) is 5.91 Å². The summed E-state index contributed by atoms with van der Waals surface area (Å²) in [5.74, 6) is -1.48. The maximum atomic E-state index is 12.4. The number of carbonyl (C=O) groups is 2. The van der Waals surface area contributed by atoms with Gasteiger partial charge in [-0.3, -0.25) is 4.79 Å². The number of rotatable bonds is 3. The average Bonchev–Trinajstić information content (AvgIpc) is 2.46. The number of carboxylic acids is 1. The average molecular weight is 305 g/mol. The Morgan fingerprint density at radius 3 is 2.33 bits per heavy atom. The number of nitrogens with zero attached hydrogens (tertiary/aromatic N) is 1. The third-order valence-corrected chi connectivity index (χ3v) is 3.26. The SMILES string of the molecule is CN(C(=O)c1ccc(Cl)cc1)c1ccc(N)cc1C(=O)O. The fourth-order valence-electron chi connectivity index (χ4n) is 1.91. The first-order chi connectivity index (χ1) is 9.90. The molecule has 6 heteroatoms. The predicted molar refractivity (Wildman–Crippen MR) is 82.0 cm³/mol. The van der Waals surface area contributed by atoms with E-state index in [1.807, 2.05) is 0 Å². The maximum absolute atomic E-state index is 12.4. The van der Waals surface area contributed by atoms with E-state index >= 15 is 0 Å². The molecule has 0 spiro atoms. The fourth-order valence-corrected chi connectivity index (χ4v) is 2.04.